The van der Waals surface area contributed by atoms with Crippen LogP contribution >= 0.6 is 0 Å². The van der Waals surface area contributed by atoms with Crippen LogP contribution in [0.5, 0.6) is 5.75 Å². The molecule has 2 aromatic carbocycles. The predicted octanol–water partition coefficient (Wildman–Crippen LogP) is 7.54. The van der Waals surface area contributed by atoms with Gasteiger partial charge in [-0.1, -0.05) is 82.7 Å². The van der Waals surface area contributed by atoms with Crippen molar-refractivity contribution in [2.75, 3.05) is 19.8 Å². The van der Waals surface area contributed by atoms with Gasteiger partial charge in [-0.3, -0.25) is 0 Å². The highest BCUT2D eigenvalue weighted by Crippen LogP contribution is 2.29. The zero-order valence-electron chi connectivity index (χ0n) is 19.9. The Morgan fingerprint density at radius 1 is 0.781 bits per heavy atom. The van der Waals surface area contributed by atoms with Crippen molar-refractivity contribution >= 4 is 5.97 Å². The molecule has 2 aromatic rings. The molecule has 0 spiro atoms. The van der Waals surface area contributed by atoms with Crippen LogP contribution in [0, 0.1) is 0 Å². The lowest BCUT2D eigenvalue weighted by Crippen LogP contribution is -2.07. The Labute approximate surface area is 194 Å². The van der Waals surface area contributed by atoms with Gasteiger partial charge in [-0.25, -0.2) is 4.79 Å². The number of aryl methyl sites for hydroxylation is 1. The molecule has 0 heterocycles. The number of aromatic carboxylic acids is 1. The van der Waals surface area contributed by atoms with Gasteiger partial charge in [-0.15, -0.1) is 0 Å². The van der Waals surface area contributed by atoms with Gasteiger partial charge < -0.3 is 14.6 Å². The summed E-state index contributed by atoms with van der Waals surface area (Å²) in [5, 5.41) is 9.90. The fourth-order valence-corrected chi connectivity index (χ4v) is 3.82. The first kappa shape index (κ1) is 25.9. The monoisotopic (exact) mass is 440 g/mol. The van der Waals surface area contributed by atoms with Gasteiger partial charge >= 0.3 is 5.97 Å². The molecule has 0 saturated carbocycles. The van der Waals surface area contributed by atoms with E-state index in [1.807, 2.05) is 42.5 Å². The van der Waals surface area contributed by atoms with E-state index in [1.54, 1.807) is 0 Å². The minimum absolute atomic E-state index is 0.391. The van der Waals surface area contributed by atoms with Gasteiger partial charge in [0, 0.05) is 13.2 Å². The molecule has 0 radical (unpaired) electrons. The van der Waals surface area contributed by atoms with Gasteiger partial charge in [-0.05, 0) is 54.5 Å². The minimum Gasteiger partial charge on any atom is -0.494 e. The third-order valence-electron chi connectivity index (χ3n) is 5.67. The van der Waals surface area contributed by atoms with Crippen molar-refractivity contribution in [3.05, 3.63) is 53.6 Å². The number of carboxylic acids is 1. The number of carbonyl (C=O) groups is 1. The van der Waals surface area contributed by atoms with Crippen LogP contribution in [0.15, 0.2) is 42.5 Å². The van der Waals surface area contributed by atoms with E-state index < -0.39 is 5.97 Å². The van der Waals surface area contributed by atoms with E-state index in [0.717, 1.165) is 61.3 Å². The molecular weight excluding hydrogens is 400 g/mol. The highest BCUT2D eigenvalue weighted by molar-refractivity contribution is 5.97. The van der Waals surface area contributed by atoms with E-state index >= 15 is 0 Å². The zero-order valence-corrected chi connectivity index (χ0v) is 19.9. The number of ether oxygens (including phenoxy) is 2. The summed E-state index contributed by atoms with van der Waals surface area (Å²) < 4.78 is 11.5. The van der Waals surface area contributed by atoms with Crippen LogP contribution in [-0.4, -0.2) is 30.9 Å². The van der Waals surface area contributed by atoms with Crippen molar-refractivity contribution in [1.29, 1.82) is 0 Å². The van der Waals surface area contributed by atoms with Crippen LogP contribution in [0.3, 0.4) is 0 Å². The second kappa shape index (κ2) is 15.5. The summed E-state index contributed by atoms with van der Waals surface area (Å²) in [6.45, 7) is 6.53. The molecule has 0 amide bonds. The van der Waals surface area contributed by atoms with E-state index in [9.17, 15) is 9.90 Å². The molecule has 0 atom stereocenters. The Balaban J connectivity index is 1.94. The van der Waals surface area contributed by atoms with Crippen LogP contribution < -0.4 is 4.74 Å². The van der Waals surface area contributed by atoms with Gasteiger partial charge in [0.25, 0.3) is 0 Å². The standard InChI is InChI=1S/C28H40O4/c1-3-5-7-8-9-10-22-32-25-18-16-23(17-19-25)26-15-11-13-24(27(26)28(29)30)14-12-21-31-20-6-4-2/h11,13,15-19H,3-10,12,14,20-22H2,1-2H3,(H,29,30). The summed E-state index contributed by atoms with van der Waals surface area (Å²) >= 11 is 0. The third-order valence-corrected chi connectivity index (χ3v) is 5.67. The van der Waals surface area contributed by atoms with Crippen LogP contribution in [0.1, 0.15) is 87.6 Å². The molecule has 0 aliphatic carbocycles. The molecule has 4 heteroatoms. The molecular formula is C28H40O4. The molecule has 0 aromatic heterocycles. The number of hydrogen-bond donors (Lipinski definition) is 1. The number of hydrogen-bond acceptors (Lipinski definition) is 3. The molecule has 0 bridgehead atoms. The number of carboxylic acid groups (broad SMARTS) is 1. The first-order valence-electron chi connectivity index (χ1n) is 12.3. The fraction of sp³-hybridized carbons (Fsp3) is 0.536. The number of benzene rings is 2. The van der Waals surface area contributed by atoms with Crippen molar-refractivity contribution < 1.29 is 19.4 Å². The van der Waals surface area contributed by atoms with Crippen LogP contribution in [-0.2, 0) is 11.2 Å². The maximum absolute atomic E-state index is 12.1. The largest absolute Gasteiger partial charge is 0.494 e. The SMILES string of the molecule is CCCCCCCCOc1ccc(-c2cccc(CCCOCCCC)c2C(=O)O)cc1. The summed E-state index contributed by atoms with van der Waals surface area (Å²) in [6, 6.07) is 13.5. The Morgan fingerprint density at radius 3 is 2.19 bits per heavy atom. The lowest BCUT2D eigenvalue weighted by atomic mass is 9.93. The Morgan fingerprint density at radius 2 is 1.47 bits per heavy atom. The smallest absolute Gasteiger partial charge is 0.336 e. The summed E-state index contributed by atoms with van der Waals surface area (Å²) in [4.78, 5) is 12.1. The van der Waals surface area contributed by atoms with Crippen molar-refractivity contribution in [2.45, 2.75) is 78.1 Å². The topological polar surface area (TPSA) is 55.8 Å². The molecule has 0 aliphatic heterocycles. The lowest BCUT2D eigenvalue weighted by Gasteiger charge is -2.13. The van der Waals surface area contributed by atoms with Crippen LogP contribution in [0.2, 0.25) is 0 Å². The molecule has 0 unspecified atom stereocenters. The summed E-state index contributed by atoms with van der Waals surface area (Å²) in [6.07, 6.45) is 11.1. The Hall–Kier alpha value is -2.33. The number of unbranched alkanes of at least 4 members (excludes halogenated alkanes) is 6. The second-order valence-electron chi connectivity index (χ2n) is 8.35. The average Bonchev–Trinajstić information content (AvgIpc) is 2.81. The van der Waals surface area contributed by atoms with E-state index in [4.69, 9.17) is 9.47 Å². The third kappa shape index (κ3) is 9.04. The van der Waals surface area contributed by atoms with Crippen molar-refractivity contribution in [1.82, 2.24) is 0 Å². The molecule has 0 aliphatic rings. The Bertz CT molecular complexity index is 783. The molecule has 0 saturated heterocycles. The summed E-state index contributed by atoms with van der Waals surface area (Å²) in [7, 11) is 0. The maximum atomic E-state index is 12.1. The van der Waals surface area contributed by atoms with Gasteiger partial charge in [0.15, 0.2) is 0 Å². The molecule has 2 rings (SSSR count). The van der Waals surface area contributed by atoms with E-state index in [2.05, 4.69) is 13.8 Å². The quantitative estimate of drug-likeness (QED) is 0.258. The molecule has 1 N–H and O–H groups in total. The Kier molecular flexibility index (Phi) is 12.5. The van der Waals surface area contributed by atoms with Crippen molar-refractivity contribution in [3.63, 3.8) is 0 Å². The van der Waals surface area contributed by atoms with Crippen molar-refractivity contribution in [2.24, 2.45) is 0 Å². The van der Waals surface area contributed by atoms with Crippen LogP contribution in [0.25, 0.3) is 11.1 Å². The second-order valence-corrected chi connectivity index (χ2v) is 8.35. The fourth-order valence-electron chi connectivity index (χ4n) is 3.82. The first-order valence-corrected chi connectivity index (χ1v) is 12.3. The van der Waals surface area contributed by atoms with Gasteiger partial charge in [-0.2, -0.15) is 0 Å². The van der Waals surface area contributed by atoms with Gasteiger partial charge in [0.05, 0.1) is 12.2 Å². The molecule has 4 nitrogen and oxygen atoms in total. The first-order chi connectivity index (χ1) is 15.7. The predicted molar refractivity (Wildman–Crippen MR) is 132 cm³/mol. The van der Waals surface area contributed by atoms with E-state index in [1.165, 1.54) is 32.1 Å². The average molecular weight is 441 g/mol. The normalized spacial score (nSPS) is 10.9. The van der Waals surface area contributed by atoms with Crippen molar-refractivity contribution in [3.8, 4) is 16.9 Å². The van der Waals surface area contributed by atoms with Gasteiger partial charge in [0.2, 0.25) is 0 Å². The van der Waals surface area contributed by atoms with Gasteiger partial charge in [0.1, 0.15) is 5.75 Å². The number of rotatable bonds is 17. The van der Waals surface area contributed by atoms with Crippen LogP contribution in [0.4, 0.5) is 0 Å². The molecule has 176 valence electrons. The highest BCUT2D eigenvalue weighted by Gasteiger charge is 2.16. The molecule has 0 fully saturated rings. The summed E-state index contributed by atoms with van der Waals surface area (Å²) in [5.41, 5.74) is 2.90. The highest BCUT2D eigenvalue weighted by atomic mass is 16.5. The van der Waals surface area contributed by atoms with E-state index in [0.29, 0.717) is 18.6 Å². The maximum Gasteiger partial charge on any atom is 0.336 e. The zero-order chi connectivity index (χ0) is 23.0. The van der Waals surface area contributed by atoms with E-state index in [-0.39, 0.29) is 0 Å². The summed E-state index contributed by atoms with van der Waals surface area (Å²) in [5.74, 6) is -0.0505. The lowest BCUT2D eigenvalue weighted by molar-refractivity contribution is 0.0696. The molecule has 32 heavy (non-hydrogen) atoms. The minimum atomic E-state index is -0.883.